The van der Waals surface area contributed by atoms with Crippen molar-refractivity contribution in [3.8, 4) is 6.19 Å². The van der Waals surface area contributed by atoms with Gasteiger partial charge in [-0.15, -0.1) is 0 Å². The predicted molar refractivity (Wildman–Crippen MR) is 66.5 cm³/mol. The zero-order chi connectivity index (χ0) is 12.2. The lowest BCUT2D eigenvalue weighted by molar-refractivity contribution is 0.681. The van der Waals surface area contributed by atoms with E-state index in [-0.39, 0.29) is 5.92 Å². The molecule has 0 spiro atoms. The average Bonchev–Trinajstić information content (AvgIpc) is 2.17. The summed E-state index contributed by atoms with van der Waals surface area (Å²) in [5.41, 5.74) is 0.902. The minimum absolute atomic E-state index is 0.0666. The molecule has 0 saturated heterocycles. The van der Waals surface area contributed by atoms with Crippen molar-refractivity contribution in [2.75, 3.05) is 6.26 Å². The van der Waals surface area contributed by atoms with Crippen molar-refractivity contribution in [2.45, 2.75) is 12.8 Å². The lowest BCUT2D eigenvalue weighted by atomic mass is 10.1. The van der Waals surface area contributed by atoms with Crippen LogP contribution in [0.3, 0.4) is 0 Å². The zero-order valence-corrected chi connectivity index (χ0v) is 10.5. The van der Waals surface area contributed by atoms with E-state index < -0.39 is 9.71 Å². The van der Waals surface area contributed by atoms with E-state index in [1.165, 1.54) is 6.26 Å². The van der Waals surface area contributed by atoms with E-state index in [4.69, 9.17) is 16.9 Å². The van der Waals surface area contributed by atoms with E-state index in [1.807, 2.05) is 13.0 Å². The molecule has 1 aromatic rings. The number of nitrogens with zero attached hydrogens (tertiary/aromatic N) is 2. The van der Waals surface area contributed by atoms with Gasteiger partial charge in [-0.05, 0) is 17.0 Å². The molecule has 16 heavy (non-hydrogen) atoms. The summed E-state index contributed by atoms with van der Waals surface area (Å²) in [6.07, 6.45) is 4.79. The summed E-state index contributed by atoms with van der Waals surface area (Å²) in [6.45, 7) is 1.88. The summed E-state index contributed by atoms with van der Waals surface area (Å²) in [7, 11) is -2.44. The van der Waals surface area contributed by atoms with Crippen LogP contribution in [-0.2, 0) is 9.71 Å². The fraction of sp³-hybridized carbons (Fsp3) is 0.300. The molecule has 6 heteroatoms. The van der Waals surface area contributed by atoms with Crippen LogP contribution in [0.15, 0.2) is 18.3 Å². The zero-order valence-electron chi connectivity index (χ0n) is 8.98. The number of nitrogens with one attached hydrogen (secondary N) is 1. The maximum atomic E-state index is 11.8. The molecule has 0 bridgehead atoms. The van der Waals surface area contributed by atoms with Crippen LogP contribution in [0.5, 0.6) is 0 Å². The molecule has 0 aliphatic carbocycles. The molecule has 0 saturated carbocycles. The second kappa shape index (κ2) is 5.19. The van der Waals surface area contributed by atoms with Crippen LogP contribution in [0.2, 0.25) is 5.15 Å². The third kappa shape index (κ3) is 3.72. The van der Waals surface area contributed by atoms with Gasteiger partial charge in [0.2, 0.25) is 0 Å². The van der Waals surface area contributed by atoms with Gasteiger partial charge in [-0.3, -0.25) is 0 Å². The number of pyridine rings is 1. The third-order valence-electron chi connectivity index (χ3n) is 1.99. The topological polar surface area (TPSA) is 65.8 Å². The average molecular weight is 258 g/mol. The Balaban J connectivity index is 2.96. The van der Waals surface area contributed by atoms with Crippen molar-refractivity contribution in [3.05, 3.63) is 29.0 Å². The first kappa shape index (κ1) is 12.8. The highest BCUT2D eigenvalue weighted by molar-refractivity contribution is 7.99. The number of hydrogen-bond acceptors (Lipinski definition) is 3. The molecular formula is C10H12ClN3OS. The molecule has 1 heterocycles. The fourth-order valence-corrected chi connectivity index (χ4v) is 2.55. The number of nitriles is 1. The quantitative estimate of drug-likeness (QED) is 0.387. The first-order valence-electron chi connectivity index (χ1n) is 4.56. The van der Waals surface area contributed by atoms with Crippen molar-refractivity contribution in [1.29, 1.82) is 5.26 Å². The van der Waals surface area contributed by atoms with Crippen molar-refractivity contribution in [1.82, 2.24) is 9.71 Å². The van der Waals surface area contributed by atoms with Crippen LogP contribution >= 0.6 is 11.6 Å². The Morgan fingerprint density at radius 3 is 2.88 bits per heavy atom. The van der Waals surface area contributed by atoms with Gasteiger partial charge in [0, 0.05) is 18.4 Å². The highest BCUT2D eigenvalue weighted by Crippen LogP contribution is 2.14. The molecule has 2 unspecified atom stereocenters. The first-order chi connectivity index (χ1) is 7.44. The molecular weight excluding hydrogens is 246 g/mol. The SMILES string of the molecule is CC(C=S(C)(=O)NC#N)c1ccc(Cl)nc1. The van der Waals surface area contributed by atoms with Crippen molar-refractivity contribution in [3.63, 3.8) is 0 Å². The highest BCUT2D eigenvalue weighted by atomic mass is 35.5. The predicted octanol–water partition coefficient (Wildman–Crippen LogP) is 1.54. The maximum Gasteiger partial charge on any atom is 0.188 e. The number of hydrogen-bond donors (Lipinski definition) is 1. The van der Waals surface area contributed by atoms with Crippen LogP contribution in [0.25, 0.3) is 0 Å². The Morgan fingerprint density at radius 1 is 1.69 bits per heavy atom. The number of halogens is 1. The van der Waals surface area contributed by atoms with E-state index in [9.17, 15) is 4.21 Å². The van der Waals surface area contributed by atoms with E-state index >= 15 is 0 Å². The molecule has 4 nitrogen and oxygen atoms in total. The molecule has 0 fully saturated rings. The molecule has 0 radical (unpaired) electrons. The summed E-state index contributed by atoms with van der Waals surface area (Å²) < 4.78 is 14.1. The molecule has 1 aromatic heterocycles. The van der Waals surface area contributed by atoms with E-state index in [0.717, 1.165) is 5.56 Å². The maximum absolute atomic E-state index is 11.8. The van der Waals surface area contributed by atoms with E-state index in [0.29, 0.717) is 5.15 Å². The fourth-order valence-electron chi connectivity index (χ4n) is 1.25. The van der Waals surface area contributed by atoms with Crippen LogP contribution in [0.4, 0.5) is 0 Å². The Morgan fingerprint density at radius 2 is 2.38 bits per heavy atom. The van der Waals surface area contributed by atoms with Gasteiger partial charge in [-0.1, -0.05) is 24.6 Å². The second-order valence-electron chi connectivity index (χ2n) is 3.46. The molecule has 0 aliphatic heterocycles. The van der Waals surface area contributed by atoms with Gasteiger partial charge in [-0.2, -0.15) is 5.26 Å². The Labute approximate surface area is 100 Å². The second-order valence-corrected chi connectivity index (χ2v) is 6.13. The molecule has 0 aliphatic rings. The molecule has 86 valence electrons. The lowest BCUT2D eigenvalue weighted by Gasteiger charge is -2.08. The number of rotatable bonds is 3. The van der Waals surface area contributed by atoms with Crippen LogP contribution < -0.4 is 4.72 Å². The first-order valence-corrected chi connectivity index (χ1v) is 6.97. The van der Waals surface area contributed by atoms with Gasteiger partial charge in [0.25, 0.3) is 0 Å². The van der Waals surface area contributed by atoms with Crippen molar-refractivity contribution < 1.29 is 4.21 Å². The minimum Gasteiger partial charge on any atom is -0.249 e. The van der Waals surface area contributed by atoms with E-state index in [1.54, 1.807) is 23.8 Å². The van der Waals surface area contributed by atoms with Crippen LogP contribution in [-0.4, -0.2) is 20.8 Å². The van der Waals surface area contributed by atoms with Gasteiger partial charge in [-0.25, -0.2) is 13.9 Å². The Kier molecular flexibility index (Phi) is 4.16. The molecule has 0 aromatic carbocycles. The standard InChI is InChI=1S/C10H12ClN3OS/c1-8(6-16(2,15)14-7-12)9-3-4-10(11)13-5-9/h3-6,8H,1-2H3,(H,14,15). The third-order valence-corrected chi connectivity index (χ3v) is 3.64. The van der Waals surface area contributed by atoms with Gasteiger partial charge in [0.15, 0.2) is 6.19 Å². The minimum atomic E-state index is -2.44. The summed E-state index contributed by atoms with van der Waals surface area (Å²) in [4.78, 5) is 3.94. The Hall–Kier alpha value is -1.25. The van der Waals surface area contributed by atoms with Crippen LogP contribution in [0, 0.1) is 11.5 Å². The van der Waals surface area contributed by atoms with Gasteiger partial charge < -0.3 is 0 Å². The monoisotopic (exact) mass is 257 g/mol. The van der Waals surface area contributed by atoms with Gasteiger partial charge in [0.05, 0.1) is 9.71 Å². The molecule has 1 rings (SSSR count). The van der Waals surface area contributed by atoms with Crippen molar-refractivity contribution >= 4 is 26.7 Å². The summed E-state index contributed by atoms with van der Waals surface area (Å²) in [5, 5.41) is 10.4. The van der Waals surface area contributed by atoms with Crippen LogP contribution in [0.1, 0.15) is 18.4 Å². The highest BCUT2D eigenvalue weighted by Gasteiger charge is 2.06. The Bertz CT molecular complexity index is 512. The smallest absolute Gasteiger partial charge is 0.188 e. The van der Waals surface area contributed by atoms with Crippen molar-refractivity contribution in [2.24, 2.45) is 0 Å². The molecule has 1 N–H and O–H groups in total. The number of aromatic nitrogens is 1. The summed E-state index contributed by atoms with van der Waals surface area (Å²) in [6, 6.07) is 3.49. The van der Waals surface area contributed by atoms with E-state index in [2.05, 4.69) is 9.71 Å². The summed E-state index contributed by atoms with van der Waals surface area (Å²) >= 11 is 5.67. The normalized spacial score (nSPS) is 15.6. The summed E-state index contributed by atoms with van der Waals surface area (Å²) in [5.74, 6) is -0.0666. The van der Waals surface area contributed by atoms with Gasteiger partial charge in [0.1, 0.15) is 5.15 Å². The largest absolute Gasteiger partial charge is 0.249 e. The lowest BCUT2D eigenvalue weighted by Crippen LogP contribution is -2.20. The molecule has 2 atom stereocenters. The molecule has 0 amide bonds. The van der Waals surface area contributed by atoms with Gasteiger partial charge >= 0.3 is 0 Å².